The maximum atomic E-state index is 12.7. The highest BCUT2D eigenvalue weighted by molar-refractivity contribution is 8.01. The van der Waals surface area contributed by atoms with Crippen LogP contribution in [0.1, 0.15) is 12.5 Å². The van der Waals surface area contributed by atoms with E-state index >= 15 is 0 Å². The van der Waals surface area contributed by atoms with Crippen LogP contribution in [-0.4, -0.2) is 67.7 Å². The van der Waals surface area contributed by atoms with Crippen LogP contribution in [0.3, 0.4) is 0 Å². The van der Waals surface area contributed by atoms with Crippen molar-refractivity contribution in [1.29, 1.82) is 0 Å². The largest absolute Gasteiger partial charge is 0.372 e. The van der Waals surface area contributed by atoms with Crippen molar-refractivity contribution in [3.63, 3.8) is 0 Å². The number of thioether (sulfide) groups is 1. The summed E-state index contributed by atoms with van der Waals surface area (Å²) in [6.45, 7) is 4.28. The van der Waals surface area contributed by atoms with Crippen LogP contribution in [-0.2, 0) is 25.6 Å². The number of morpholine rings is 1. The van der Waals surface area contributed by atoms with Crippen molar-refractivity contribution in [2.24, 2.45) is 0 Å². The predicted molar refractivity (Wildman–Crippen MR) is 132 cm³/mol. The summed E-state index contributed by atoms with van der Waals surface area (Å²) in [6, 6.07) is 20.5. The van der Waals surface area contributed by atoms with E-state index in [1.165, 1.54) is 0 Å². The van der Waals surface area contributed by atoms with Gasteiger partial charge in [-0.15, -0.1) is 11.8 Å². The van der Waals surface area contributed by atoms with Crippen molar-refractivity contribution in [3.05, 3.63) is 77.9 Å². The second-order valence-corrected chi connectivity index (χ2v) is 9.46. The molecule has 2 aliphatic rings. The number of ether oxygens (including phenoxy) is 3. The van der Waals surface area contributed by atoms with Gasteiger partial charge in [-0.2, -0.15) is 0 Å². The predicted octanol–water partition coefficient (Wildman–Crippen LogP) is 3.93. The number of allylic oxidation sites excluding steroid dienone is 1. The van der Waals surface area contributed by atoms with Crippen LogP contribution in [0.4, 0.5) is 5.69 Å². The summed E-state index contributed by atoms with van der Waals surface area (Å²) in [5.74, 6) is 0.0142. The first-order valence-corrected chi connectivity index (χ1v) is 12.2. The van der Waals surface area contributed by atoms with E-state index in [4.69, 9.17) is 14.2 Å². The van der Waals surface area contributed by atoms with Gasteiger partial charge in [-0.05, 0) is 30.2 Å². The number of benzene rings is 2. The molecule has 0 N–H and O–H groups in total. The van der Waals surface area contributed by atoms with Crippen LogP contribution in [0, 0.1) is 0 Å². The molecule has 2 aliphatic heterocycles. The zero-order valence-electron chi connectivity index (χ0n) is 19.4. The lowest BCUT2D eigenvalue weighted by molar-refractivity contribution is -0.143. The third-order valence-electron chi connectivity index (χ3n) is 6.15. The Kier molecular flexibility index (Phi) is 8.09. The van der Waals surface area contributed by atoms with E-state index in [2.05, 4.69) is 35.2 Å². The molecule has 0 saturated carbocycles. The Morgan fingerprint density at radius 3 is 2.52 bits per heavy atom. The van der Waals surface area contributed by atoms with Gasteiger partial charge in [0.1, 0.15) is 6.23 Å². The molecule has 33 heavy (non-hydrogen) atoms. The van der Waals surface area contributed by atoms with Gasteiger partial charge in [0.15, 0.2) is 5.44 Å². The summed E-state index contributed by atoms with van der Waals surface area (Å²) in [4.78, 5) is 16.7. The molecular weight excluding hydrogens is 436 g/mol. The molecule has 0 spiro atoms. The molecule has 4 rings (SSSR count). The quantitative estimate of drug-likeness (QED) is 0.520. The van der Waals surface area contributed by atoms with Gasteiger partial charge in [0.2, 0.25) is 0 Å². The molecule has 4 unspecified atom stereocenters. The first kappa shape index (κ1) is 23.8. The minimum absolute atomic E-state index is 0.0142. The second-order valence-electron chi connectivity index (χ2n) is 8.22. The van der Waals surface area contributed by atoms with Crippen molar-refractivity contribution < 1.29 is 19.0 Å². The number of para-hydroxylation sites is 1. The third kappa shape index (κ3) is 5.27. The molecule has 1 amide bonds. The van der Waals surface area contributed by atoms with Crippen LogP contribution in [0.15, 0.2) is 72.3 Å². The number of methoxy groups -OCH3 is 1. The lowest BCUT2D eigenvalue weighted by Gasteiger charge is -2.56. The molecule has 4 atom stereocenters. The second kappa shape index (κ2) is 11.2. The van der Waals surface area contributed by atoms with Gasteiger partial charge in [0.05, 0.1) is 31.1 Å². The monoisotopic (exact) mass is 468 g/mol. The molecule has 0 radical (unpaired) electrons. The van der Waals surface area contributed by atoms with Crippen molar-refractivity contribution in [3.8, 4) is 0 Å². The Bertz CT molecular complexity index is 940. The van der Waals surface area contributed by atoms with Gasteiger partial charge in [-0.25, -0.2) is 0 Å². The lowest BCUT2D eigenvalue weighted by atomic mass is 9.91. The summed E-state index contributed by atoms with van der Waals surface area (Å²) in [6.07, 6.45) is 1.95. The number of nitrogens with zero attached hydrogens (tertiary/aromatic N) is 2. The van der Waals surface area contributed by atoms with Crippen LogP contribution in [0.5, 0.6) is 0 Å². The molecule has 0 bridgehead atoms. The Balaban J connectivity index is 1.53. The van der Waals surface area contributed by atoms with Crippen LogP contribution >= 0.6 is 11.8 Å². The van der Waals surface area contributed by atoms with Gasteiger partial charge in [-0.1, -0.05) is 54.6 Å². The van der Waals surface area contributed by atoms with Gasteiger partial charge in [0.25, 0.3) is 5.91 Å². The van der Waals surface area contributed by atoms with Crippen LogP contribution < -0.4 is 4.90 Å². The van der Waals surface area contributed by atoms with E-state index in [0.29, 0.717) is 26.4 Å². The molecule has 176 valence electrons. The fraction of sp³-hybridized carbons (Fsp3) is 0.423. The van der Waals surface area contributed by atoms with Crippen molar-refractivity contribution in [2.45, 2.75) is 36.5 Å². The first-order chi connectivity index (χ1) is 16.1. The molecule has 0 aliphatic carbocycles. The maximum Gasteiger partial charge on any atom is 0.261 e. The Labute approximate surface area is 200 Å². The van der Waals surface area contributed by atoms with Crippen molar-refractivity contribution in [2.75, 3.05) is 38.8 Å². The van der Waals surface area contributed by atoms with Crippen LogP contribution in [0.25, 0.3) is 0 Å². The minimum Gasteiger partial charge on any atom is -0.372 e. The van der Waals surface area contributed by atoms with Gasteiger partial charge >= 0.3 is 0 Å². The smallest absolute Gasteiger partial charge is 0.261 e. The summed E-state index contributed by atoms with van der Waals surface area (Å²) in [7, 11) is 3.55. The topological polar surface area (TPSA) is 51.2 Å². The summed E-state index contributed by atoms with van der Waals surface area (Å²) in [5.41, 5.74) is 2.88. The van der Waals surface area contributed by atoms with E-state index in [1.807, 2.05) is 50.4 Å². The SMILES string of the molecule is C/C=C(\COCc1ccccc1)C1C(SC2OCCN(C)C2=O)C(OC)N1c1ccccc1. The summed E-state index contributed by atoms with van der Waals surface area (Å²) < 4.78 is 17.9. The number of hydrogen-bond donors (Lipinski definition) is 0. The Hall–Kier alpha value is -2.32. The normalized spacial score (nSPS) is 25.8. The average Bonchev–Trinajstić information content (AvgIpc) is 2.84. The number of rotatable bonds is 9. The van der Waals surface area contributed by atoms with Gasteiger partial charge in [0, 0.05) is 26.4 Å². The van der Waals surface area contributed by atoms with Crippen molar-refractivity contribution >= 4 is 23.4 Å². The molecule has 2 heterocycles. The molecule has 6 nitrogen and oxygen atoms in total. The van der Waals surface area contributed by atoms with E-state index in [9.17, 15) is 4.79 Å². The van der Waals surface area contributed by atoms with Gasteiger partial charge in [-0.3, -0.25) is 4.79 Å². The maximum absolute atomic E-state index is 12.7. The highest BCUT2D eigenvalue weighted by atomic mass is 32.2. The molecule has 7 heteroatoms. The lowest BCUT2D eigenvalue weighted by Crippen LogP contribution is -2.69. The zero-order chi connectivity index (χ0) is 23.2. The number of carbonyl (C=O) groups excluding carboxylic acids is 1. The fourth-order valence-electron chi connectivity index (χ4n) is 4.31. The van der Waals surface area contributed by atoms with E-state index < -0.39 is 5.44 Å². The zero-order valence-corrected chi connectivity index (χ0v) is 20.2. The molecule has 2 saturated heterocycles. The highest BCUT2D eigenvalue weighted by Gasteiger charge is 2.52. The molecular formula is C26H32N2O4S. The average molecular weight is 469 g/mol. The number of hydrogen-bond acceptors (Lipinski definition) is 6. The third-order valence-corrected chi connectivity index (χ3v) is 7.54. The fourth-order valence-corrected chi connectivity index (χ4v) is 5.90. The minimum atomic E-state index is -0.518. The first-order valence-electron chi connectivity index (χ1n) is 11.3. The van der Waals surface area contributed by atoms with E-state index in [-0.39, 0.29) is 23.4 Å². The summed E-state index contributed by atoms with van der Waals surface area (Å²) in [5, 5.41) is 0.0298. The number of anilines is 1. The molecule has 2 aromatic carbocycles. The summed E-state index contributed by atoms with van der Waals surface area (Å²) >= 11 is 1.56. The van der Waals surface area contributed by atoms with Gasteiger partial charge < -0.3 is 24.0 Å². The molecule has 2 aromatic rings. The van der Waals surface area contributed by atoms with E-state index in [0.717, 1.165) is 16.8 Å². The Morgan fingerprint density at radius 2 is 1.85 bits per heavy atom. The number of amides is 1. The van der Waals surface area contributed by atoms with Crippen LogP contribution in [0.2, 0.25) is 0 Å². The number of carbonyl (C=O) groups is 1. The highest BCUT2D eigenvalue weighted by Crippen LogP contribution is 2.45. The van der Waals surface area contributed by atoms with Crippen molar-refractivity contribution in [1.82, 2.24) is 4.90 Å². The molecule has 2 fully saturated rings. The number of likely N-dealkylation sites (N-methyl/N-ethyl adjacent to an activating group) is 1. The van der Waals surface area contributed by atoms with E-state index in [1.54, 1.807) is 23.8 Å². The molecule has 0 aromatic heterocycles. The Morgan fingerprint density at radius 1 is 1.15 bits per heavy atom. The standard InChI is InChI=1S/C26H32N2O4S/c1-4-20(18-31-17-19-11-7-5-8-12-19)22-23(33-26-24(29)27(2)15-16-32-26)25(30-3)28(22)21-13-9-6-10-14-21/h4-14,22-23,25-26H,15-18H2,1-3H3/b20-4+.